The van der Waals surface area contributed by atoms with Gasteiger partial charge in [0, 0.05) is 24.4 Å². The Morgan fingerprint density at radius 2 is 1.62 bits per heavy atom. The van der Waals surface area contributed by atoms with Gasteiger partial charge in [-0.25, -0.2) is 8.42 Å². The summed E-state index contributed by atoms with van der Waals surface area (Å²) >= 11 is 5.99. The number of unbranched alkanes of at least 4 members (excludes halogenated alkanes) is 1. The summed E-state index contributed by atoms with van der Waals surface area (Å²) in [6, 6.07) is 12.9. The first-order valence-electron chi connectivity index (χ1n) is 11.9. The molecule has 12 heteroatoms. The standard InChI is InChI=1S/C27H26ClN3O7S/c1-4-5-9-22-29-26(33)25(27(34)31(22)24-20(37-2)7-6-8-21(24)38-3)39(35,36)19-13-11-18(12-14-19)30-16-17(28)10-15-23(30)32/h6-8,10-16,33H,4-5,9H2,1-3H3. The minimum absolute atomic E-state index is 0.150. The fourth-order valence-corrected chi connectivity index (χ4v) is 5.62. The lowest BCUT2D eigenvalue weighted by atomic mass is 10.2. The highest BCUT2D eigenvalue weighted by Gasteiger charge is 2.31. The van der Waals surface area contributed by atoms with Gasteiger partial charge in [-0.2, -0.15) is 4.98 Å². The quantitative estimate of drug-likeness (QED) is 0.320. The Bertz CT molecular complexity index is 1720. The molecule has 0 amide bonds. The molecule has 204 valence electrons. The van der Waals surface area contributed by atoms with Crippen LogP contribution in [0, 0.1) is 0 Å². The molecule has 0 spiro atoms. The van der Waals surface area contributed by atoms with Crippen LogP contribution in [0.2, 0.25) is 5.02 Å². The largest absolute Gasteiger partial charge is 0.494 e. The Balaban J connectivity index is 1.94. The maximum Gasteiger partial charge on any atom is 0.281 e. The highest BCUT2D eigenvalue weighted by atomic mass is 35.5. The van der Waals surface area contributed by atoms with Crippen molar-refractivity contribution >= 4 is 21.4 Å². The second-order valence-electron chi connectivity index (χ2n) is 8.49. The second-order valence-corrected chi connectivity index (χ2v) is 10.8. The van der Waals surface area contributed by atoms with Crippen LogP contribution in [0.5, 0.6) is 17.4 Å². The third kappa shape index (κ3) is 5.27. The molecule has 10 nitrogen and oxygen atoms in total. The van der Waals surface area contributed by atoms with E-state index in [0.29, 0.717) is 17.1 Å². The van der Waals surface area contributed by atoms with Gasteiger partial charge in [0.05, 0.1) is 24.1 Å². The molecule has 1 N–H and O–H groups in total. The molecule has 0 saturated carbocycles. The molecule has 0 aliphatic heterocycles. The average Bonchev–Trinajstić information content (AvgIpc) is 2.92. The zero-order valence-corrected chi connectivity index (χ0v) is 23.0. The number of nitrogens with zero attached hydrogens (tertiary/aromatic N) is 3. The van der Waals surface area contributed by atoms with Gasteiger partial charge in [0.25, 0.3) is 11.1 Å². The number of aromatic nitrogens is 3. The van der Waals surface area contributed by atoms with Crippen molar-refractivity contribution in [3.63, 3.8) is 0 Å². The molecule has 0 aliphatic carbocycles. The molecule has 4 aromatic rings. The van der Waals surface area contributed by atoms with Crippen LogP contribution in [-0.4, -0.2) is 41.9 Å². The predicted octanol–water partition coefficient (Wildman–Crippen LogP) is 3.94. The second kappa shape index (κ2) is 11.3. The summed E-state index contributed by atoms with van der Waals surface area (Å²) in [7, 11) is -1.75. The average molecular weight is 572 g/mol. The Labute approximate surface area is 229 Å². The van der Waals surface area contributed by atoms with Gasteiger partial charge in [-0.15, -0.1) is 0 Å². The predicted molar refractivity (Wildman–Crippen MR) is 146 cm³/mol. The summed E-state index contributed by atoms with van der Waals surface area (Å²) in [4.78, 5) is 29.1. The van der Waals surface area contributed by atoms with E-state index in [1.165, 1.54) is 61.4 Å². The Morgan fingerprint density at radius 3 is 2.21 bits per heavy atom. The van der Waals surface area contributed by atoms with Gasteiger partial charge in [0.1, 0.15) is 23.0 Å². The van der Waals surface area contributed by atoms with Crippen LogP contribution < -0.4 is 20.6 Å². The molecule has 2 heterocycles. The minimum atomic E-state index is -4.57. The van der Waals surface area contributed by atoms with Crippen LogP contribution in [0.15, 0.2) is 80.2 Å². The maximum atomic E-state index is 13.9. The molecular formula is C27H26ClN3O7S. The van der Waals surface area contributed by atoms with Gasteiger partial charge < -0.3 is 14.6 Å². The number of sulfone groups is 1. The van der Waals surface area contributed by atoms with Crippen molar-refractivity contribution < 1.29 is 23.0 Å². The van der Waals surface area contributed by atoms with Gasteiger partial charge in [-0.05, 0) is 48.9 Å². The fourth-order valence-electron chi connectivity index (χ4n) is 4.12. The molecule has 0 radical (unpaired) electrons. The number of hydrogen-bond acceptors (Lipinski definition) is 8. The zero-order valence-electron chi connectivity index (χ0n) is 21.4. The van der Waals surface area contributed by atoms with Crippen molar-refractivity contribution in [3.8, 4) is 28.8 Å². The Hall–Kier alpha value is -4.09. The molecule has 0 bridgehead atoms. The summed E-state index contributed by atoms with van der Waals surface area (Å²) in [5.74, 6) is -0.258. The van der Waals surface area contributed by atoms with E-state index in [9.17, 15) is 23.1 Å². The van der Waals surface area contributed by atoms with Crippen molar-refractivity contribution in [3.05, 3.63) is 92.3 Å². The molecule has 0 fully saturated rings. The molecular weight excluding hydrogens is 546 g/mol. The maximum absolute atomic E-state index is 13.9. The Morgan fingerprint density at radius 1 is 0.974 bits per heavy atom. The summed E-state index contributed by atoms with van der Waals surface area (Å²) in [5.41, 5.74) is -0.854. The molecule has 39 heavy (non-hydrogen) atoms. The third-order valence-corrected chi connectivity index (χ3v) is 8.05. The summed E-state index contributed by atoms with van der Waals surface area (Å²) in [6.45, 7) is 1.95. The first kappa shape index (κ1) is 27.9. The highest BCUT2D eigenvalue weighted by molar-refractivity contribution is 7.91. The molecule has 0 aliphatic rings. The van der Waals surface area contributed by atoms with Crippen molar-refractivity contribution in [2.45, 2.75) is 36.0 Å². The van der Waals surface area contributed by atoms with Gasteiger partial charge in [-0.3, -0.25) is 18.7 Å². The van der Waals surface area contributed by atoms with E-state index in [-0.39, 0.29) is 39.9 Å². The van der Waals surface area contributed by atoms with Crippen molar-refractivity contribution in [1.29, 1.82) is 0 Å². The van der Waals surface area contributed by atoms with E-state index in [1.807, 2.05) is 6.92 Å². The summed E-state index contributed by atoms with van der Waals surface area (Å²) in [5, 5.41) is 11.1. The fraction of sp³-hybridized carbons (Fsp3) is 0.222. The van der Waals surface area contributed by atoms with Crippen LogP contribution in [0.3, 0.4) is 0 Å². The van der Waals surface area contributed by atoms with E-state index >= 15 is 0 Å². The van der Waals surface area contributed by atoms with Gasteiger partial charge in [0.2, 0.25) is 15.7 Å². The van der Waals surface area contributed by atoms with Gasteiger partial charge >= 0.3 is 0 Å². The van der Waals surface area contributed by atoms with Crippen LogP contribution in [0.25, 0.3) is 11.4 Å². The Kier molecular flexibility index (Phi) is 8.12. The molecule has 2 aromatic heterocycles. The molecule has 4 rings (SSSR count). The van der Waals surface area contributed by atoms with Crippen molar-refractivity contribution in [1.82, 2.24) is 14.1 Å². The highest BCUT2D eigenvalue weighted by Crippen LogP contribution is 2.34. The van der Waals surface area contributed by atoms with Gasteiger partial charge in [-0.1, -0.05) is 31.0 Å². The number of aromatic hydroxyl groups is 1. The molecule has 0 saturated heterocycles. The smallest absolute Gasteiger partial charge is 0.281 e. The molecule has 0 unspecified atom stereocenters. The minimum Gasteiger partial charge on any atom is -0.494 e. The molecule has 2 aromatic carbocycles. The lowest BCUT2D eigenvalue weighted by Gasteiger charge is -2.19. The SMILES string of the molecule is CCCCc1nc(O)c(S(=O)(=O)c2ccc(-n3cc(Cl)ccc3=O)cc2)c(=O)n1-c1c(OC)cccc1OC. The molecule has 0 atom stereocenters. The van der Waals surface area contributed by atoms with Gasteiger partial charge in [0.15, 0.2) is 4.90 Å². The number of rotatable bonds is 9. The number of aryl methyl sites for hydroxylation is 1. The topological polar surface area (TPSA) is 130 Å². The number of hydrogen-bond donors (Lipinski definition) is 1. The van der Waals surface area contributed by atoms with E-state index in [4.69, 9.17) is 21.1 Å². The number of ether oxygens (including phenoxy) is 2. The summed E-state index contributed by atoms with van der Waals surface area (Å²) < 4.78 is 40.7. The van der Waals surface area contributed by atoms with E-state index in [0.717, 1.165) is 11.0 Å². The van der Waals surface area contributed by atoms with E-state index in [2.05, 4.69) is 4.98 Å². The van der Waals surface area contributed by atoms with E-state index in [1.54, 1.807) is 18.2 Å². The first-order chi connectivity index (χ1) is 18.6. The van der Waals surface area contributed by atoms with E-state index < -0.39 is 26.2 Å². The number of methoxy groups -OCH3 is 2. The van der Waals surface area contributed by atoms with Crippen molar-refractivity contribution in [2.75, 3.05) is 14.2 Å². The number of pyridine rings is 1. The zero-order chi connectivity index (χ0) is 28.3. The normalized spacial score (nSPS) is 11.4. The van der Waals surface area contributed by atoms with Crippen LogP contribution in [0.4, 0.5) is 0 Å². The third-order valence-electron chi connectivity index (χ3n) is 6.04. The first-order valence-corrected chi connectivity index (χ1v) is 13.8. The number of halogens is 1. The van der Waals surface area contributed by atoms with Crippen LogP contribution >= 0.6 is 11.6 Å². The lowest BCUT2D eigenvalue weighted by Crippen LogP contribution is -2.30. The monoisotopic (exact) mass is 571 g/mol. The number of para-hydroxylation sites is 1. The number of benzene rings is 2. The lowest BCUT2D eigenvalue weighted by molar-refractivity contribution is 0.386. The summed E-state index contributed by atoms with van der Waals surface area (Å²) in [6.07, 6.45) is 3.07. The van der Waals surface area contributed by atoms with Crippen molar-refractivity contribution in [2.24, 2.45) is 0 Å². The van der Waals surface area contributed by atoms with Crippen LogP contribution in [0.1, 0.15) is 25.6 Å². The van der Waals surface area contributed by atoms with Crippen LogP contribution in [-0.2, 0) is 16.3 Å².